The second kappa shape index (κ2) is 8.93. The Hall–Kier alpha value is -2.53. The molecule has 0 bridgehead atoms. The summed E-state index contributed by atoms with van der Waals surface area (Å²) in [5.41, 5.74) is 8.08. The van der Waals surface area contributed by atoms with Crippen molar-refractivity contribution in [2.24, 2.45) is 0 Å². The molecule has 0 radical (unpaired) electrons. The lowest BCUT2D eigenvalue weighted by atomic mass is 10.1. The van der Waals surface area contributed by atoms with Crippen molar-refractivity contribution in [3.05, 3.63) is 59.7 Å². The van der Waals surface area contributed by atoms with Crippen LogP contribution in [0.2, 0.25) is 0 Å². The van der Waals surface area contributed by atoms with E-state index in [0.29, 0.717) is 23.5 Å². The minimum Gasteiger partial charge on any atom is -0.497 e. The predicted octanol–water partition coefficient (Wildman–Crippen LogP) is 2.53. The van der Waals surface area contributed by atoms with Crippen LogP contribution in [0.1, 0.15) is 22.3 Å². The van der Waals surface area contributed by atoms with E-state index in [2.05, 4.69) is 29.4 Å². The number of nitrogens with two attached hydrogens (primary N) is 1. The molecule has 0 aliphatic heterocycles. The highest BCUT2D eigenvalue weighted by Crippen LogP contribution is 2.19. The maximum Gasteiger partial charge on any atom is 0.253 e. The Morgan fingerprint density at radius 2 is 1.96 bits per heavy atom. The van der Waals surface area contributed by atoms with Gasteiger partial charge in [0.15, 0.2) is 0 Å². The Bertz CT molecular complexity index is 659. The van der Waals surface area contributed by atoms with E-state index < -0.39 is 0 Å². The Morgan fingerprint density at radius 1 is 1.21 bits per heavy atom. The fourth-order valence-corrected chi connectivity index (χ4v) is 2.49. The van der Waals surface area contributed by atoms with Gasteiger partial charge in [-0.3, -0.25) is 4.79 Å². The van der Waals surface area contributed by atoms with Crippen molar-refractivity contribution in [1.29, 1.82) is 0 Å². The number of amides is 1. The van der Waals surface area contributed by atoms with Crippen LogP contribution < -0.4 is 15.8 Å². The molecule has 0 unspecified atom stereocenters. The number of anilines is 1. The number of carbonyl (C=O) groups excluding carboxylic acids is 1. The van der Waals surface area contributed by atoms with Crippen LogP contribution >= 0.6 is 0 Å². The second-order valence-corrected chi connectivity index (χ2v) is 5.79. The van der Waals surface area contributed by atoms with Gasteiger partial charge in [0.25, 0.3) is 5.91 Å². The van der Waals surface area contributed by atoms with Gasteiger partial charge in [-0.25, -0.2) is 0 Å². The van der Waals surface area contributed by atoms with Crippen molar-refractivity contribution in [3.63, 3.8) is 0 Å². The van der Waals surface area contributed by atoms with E-state index in [0.717, 1.165) is 19.5 Å². The number of nitrogens with one attached hydrogen (secondary N) is 1. The van der Waals surface area contributed by atoms with Crippen molar-refractivity contribution >= 4 is 11.6 Å². The molecule has 0 aromatic heterocycles. The fourth-order valence-electron chi connectivity index (χ4n) is 2.49. The number of hydrogen-bond acceptors (Lipinski definition) is 4. The topological polar surface area (TPSA) is 67.6 Å². The van der Waals surface area contributed by atoms with E-state index in [1.807, 2.05) is 18.2 Å². The lowest BCUT2D eigenvalue weighted by Gasteiger charge is -2.17. The molecule has 0 aliphatic carbocycles. The van der Waals surface area contributed by atoms with Gasteiger partial charge < -0.3 is 20.7 Å². The lowest BCUT2D eigenvalue weighted by Crippen LogP contribution is -2.28. The largest absolute Gasteiger partial charge is 0.497 e. The van der Waals surface area contributed by atoms with Crippen molar-refractivity contribution in [3.8, 4) is 5.75 Å². The van der Waals surface area contributed by atoms with Crippen molar-refractivity contribution in [2.45, 2.75) is 13.0 Å². The molecule has 0 aliphatic rings. The quantitative estimate of drug-likeness (QED) is 0.577. The smallest absolute Gasteiger partial charge is 0.253 e. The highest BCUT2D eigenvalue weighted by Gasteiger charge is 2.10. The lowest BCUT2D eigenvalue weighted by molar-refractivity contribution is 0.0952. The Balaban J connectivity index is 1.73. The number of hydrogen-bond donors (Lipinski definition) is 2. The minimum atomic E-state index is -0.152. The zero-order valence-electron chi connectivity index (χ0n) is 14.3. The molecular weight excluding hydrogens is 302 g/mol. The summed E-state index contributed by atoms with van der Waals surface area (Å²) in [5, 5.41) is 2.91. The molecule has 0 saturated carbocycles. The zero-order valence-corrected chi connectivity index (χ0v) is 14.3. The van der Waals surface area contributed by atoms with Crippen molar-refractivity contribution in [1.82, 2.24) is 10.2 Å². The van der Waals surface area contributed by atoms with E-state index in [9.17, 15) is 4.79 Å². The number of carbonyl (C=O) groups is 1. The van der Waals surface area contributed by atoms with Crippen LogP contribution in [0.15, 0.2) is 48.5 Å². The predicted molar refractivity (Wildman–Crippen MR) is 97.1 cm³/mol. The van der Waals surface area contributed by atoms with Gasteiger partial charge in [-0.05, 0) is 37.7 Å². The van der Waals surface area contributed by atoms with Gasteiger partial charge in [0.2, 0.25) is 0 Å². The molecule has 0 atom stereocenters. The Morgan fingerprint density at radius 3 is 2.62 bits per heavy atom. The number of ether oxygens (including phenoxy) is 1. The third kappa shape index (κ3) is 5.28. The van der Waals surface area contributed by atoms with Gasteiger partial charge in [-0.1, -0.05) is 30.3 Å². The summed E-state index contributed by atoms with van der Waals surface area (Å²) in [5.74, 6) is 0.493. The first-order valence-electron chi connectivity index (χ1n) is 8.04. The van der Waals surface area contributed by atoms with E-state index in [-0.39, 0.29) is 5.91 Å². The third-order valence-electron chi connectivity index (χ3n) is 3.80. The maximum atomic E-state index is 12.2. The van der Waals surface area contributed by atoms with Crippen LogP contribution in [-0.2, 0) is 6.54 Å². The van der Waals surface area contributed by atoms with Crippen LogP contribution in [0.4, 0.5) is 5.69 Å². The van der Waals surface area contributed by atoms with Crippen LogP contribution in [0.3, 0.4) is 0 Å². The SMILES string of the molecule is COc1ccc(C(=O)NCCCN(C)Cc2ccccc2)c(N)c1. The van der Waals surface area contributed by atoms with Crippen LogP contribution in [-0.4, -0.2) is 38.1 Å². The molecule has 5 nitrogen and oxygen atoms in total. The van der Waals surface area contributed by atoms with E-state index >= 15 is 0 Å². The van der Waals surface area contributed by atoms with Crippen molar-refractivity contribution in [2.75, 3.05) is 33.0 Å². The summed E-state index contributed by atoms with van der Waals surface area (Å²) in [6.45, 7) is 2.43. The molecule has 3 N–H and O–H groups in total. The zero-order chi connectivity index (χ0) is 17.4. The van der Waals surface area contributed by atoms with Gasteiger partial charge in [0.1, 0.15) is 5.75 Å². The van der Waals surface area contributed by atoms with Gasteiger partial charge in [-0.15, -0.1) is 0 Å². The second-order valence-electron chi connectivity index (χ2n) is 5.79. The molecule has 2 aromatic rings. The average molecular weight is 327 g/mol. The molecule has 1 amide bonds. The van der Waals surface area contributed by atoms with Crippen LogP contribution in [0.25, 0.3) is 0 Å². The fraction of sp³-hybridized carbons (Fsp3) is 0.316. The summed E-state index contributed by atoms with van der Waals surface area (Å²) in [7, 11) is 3.65. The number of nitrogens with zero attached hydrogens (tertiary/aromatic N) is 1. The molecule has 24 heavy (non-hydrogen) atoms. The Kier molecular flexibility index (Phi) is 6.63. The first-order valence-corrected chi connectivity index (χ1v) is 8.04. The molecule has 2 rings (SSSR count). The number of methoxy groups -OCH3 is 1. The minimum absolute atomic E-state index is 0.152. The van der Waals surface area contributed by atoms with Crippen LogP contribution in [0.5, 0.6) is 5.75 Å². The monoisotopic (exact) mass is 327 g/mol. The first kappa shape index (κ1) is 17.8. The van der Waals surface area contributed by atoms with Crippen LogP contribution in [0, 0.1) is 0 Å². The maximum absolute atomic E-state index is 12.2. The number of nitrogen functional groups attached to an aromatic ring is 1. The van der Waals surface area contributed by atoms with Gasteiger partial charge >= 0.3 is 0 Å². The average Bonchev–Trinajstić information content (AvgIpc) is 2.59. The summed E-state index contributed by atoms with van der Waals surface area (Å²) < 4.78 is 5.09. The molecule has 0 saturated heterocycles. The number of rotatable bonds is 8. The van der Waals surface area contributed by atoms with Crippen molar-refractivity contribution < 1.29 is 9.53 Å². The normalized spacial score (nSPS) is 10.6. The van der Waals surface area contributed by atoms with Gasteiger partial charge in [0, 0.05) is 24.8 Å². The van der Waals surface area contributed by atoms with Gasteiger partial charge in [0.05, 0.1) is 12.7 Å². The van der Waals surface area contributed by atoms with E-state index in [1.54, 1.807) is 25.3 Å². The Labute approximate surface area is 143 Å². The van der Waals surface area contributed by atoms with E-state index in [1.165, 1.54) is 5.56 Å². The molecular formula is C19H25N3O2. The van der Waals surface area contributed by atoms with Gasteiger partial charge in [-0.2, -0.15) is 0 Å². The summed E-state index contributed by atoms with van der Waals surface area (Å²) in [6, 6.07) is 15.4. The first-order chi connectivity index (χ1) is 11.6. The summed E-state index contributed by atoms with van der Waals surface area (Å²) >= 11 is 0. The molecule has 0 fully saturated rings. The molecule has 0 spiro atoms. The molecule has 128 valence electrons. The molecule has 0 heterocycles. The standard InChI is InChI=1S/C19H25N3O2/c1-22(14-15-7-4-3-5-8-15)12-6-11-21-19(23)17-10-9-16(24-2)13-18(17)20/h3-5,7-10,13H,6,11-12,14,20H2,1-2H3,(H,21,23). The molecule has 5 heteroatoms. The summed E-state index contributed by atoms with van der Waals surface area (Å²) in [6.07, 6.45) is 0.880. The highest BCUT2D eigenvalue weighted by molar-refractivity contribution is 5.99. The molecule has 2 aromatic carbocycles. The summed E-state index contributed by atoms with van der Waals surface area (Å²) in [4.78, 5) is 14.4. The number of benzene rings is 2. The third-order valence-corrected chi connectivity index (χ3v) is 3.80. The van der Waals surface area contributed by atoms with E-state index in [4.69, 9.17) is 10.5 Å². The highest BCUT2D eigenvalue weighted by atomic mass is 16.5.